The van der Waals surface area contributed by atoms with E-state index in [-0.39, 0.29) is 22.9 Å². The summed E-state index contributed by atoms with van der Waals surface area (Å²) in [4.78, 5) is 24.7. The lowest BCUT2D eigenvalue weighted by atomic mass is 9.47. The molecule has 3 fully saturated rings. The Labute approximate surface area is 202 Å². The molecule has 0 unspecified atom stereocenters. The van der Waals surface area contributed by atoms with Crippen LogP contribution in [0.3, 0.4) is 0 Å². The summed E-state index contributed by atoms with van der Waals surface area (Å²) < 4.78 is 6.17. The Hall–Kier alpha value is -1.12. The van der Waals surface area contributed by atoms with Crippen molar-refractivity contribution < 1.29 is 14.3 Å². The quantitative estimate of drug-likeness (QED) is 0.247. The van der Waals surface area contributed by atoms with Gasteiger partial charge in [0, 0.05) is 18.3 Å². The SMILES string of the molecule is CCCCCCCCCCC(=O)O[C@H]1CC[C@H]2[C@@H]3CCC4=CC(=O)CC[C@]4(C)[C@H]3CC[C@]12C. The van der Waals surface area contributed by atoms with Gasteiger partial charge in [-0.05, 0) is 80.6 Å². The molecule has 4 rings (SSSR count). The summed E-state index contributed by atoms with van der Waals surface area (Å²) in [6.45, 7) is 7.13. The molecule has 0 saturated heterocycles. The van der Waals surface area contributed by atoms with E-state index < -0.39 is 0 Å². The van der Waals surface area contributed by atoms with Crippen LogP contribution in [0, 0.1) is 28.6 Å². The van der Waals surface area contributed by atoms with E-state index in [4.69, 9.17) is 4.74 Å². The fourth-order valence-corrected chi connectivity index (χ4v) is 8.33. The van der Waals surface area contributed by atoms with E-state index >= 15 is 0 Å². The van der Waals surface area contributed by atoms with E-state index in [1.165, 1.54) is 69.8 Å². The van der Waals surface area contributed by atoms with Gasteiger partial charge in [-0.3, -0.25) is 9.59 Å². The Balaban J connectivity index is 1.27. The Morgan fingerprint density at radius 1 is 0.909 bits per heavy atom. The summed E-state index contributed by atoms with van der Waals surface area (Å²) in [5.74, 6) is 2.49. The summed E-state index contributed by atoms with van der Waals surface area (Å²) >= 11 is 0. The molecule has 3 nitrogen and oxygen atoms in total. The van der Waals surface area contributed by atoms with Crippen LogP contribution in [0.4, 0.5) is 0 Å². The van der Waals surface area contributed by atoms with Gasteiger partial charge in [-0.25, -0.2) is 0 Å². The molecule has 0 spiro atoms. The minimum Gasteiger partial charge on any atom is -0.462 e. The van der Waals surface area contributed by atoms with Crippen molar-refractivity contribution in [1.82, 2.24) is 0 Å². The van der Waals surface area contributed by atoms with Gasteiger partial charge in [0.1, 0.15) is 6.10 Å². The van der Waals surface area contributed by atoms with Crippen LogP contribution in [0.2, 0.25) is 0 Å². The minimum atomic E-state index is 0.0431. The van der Waals surface area contributed by atoms with Gasteiger partial charge in [-0.1, -0.05) is 71.3 Å². The predicted octanol–water partition coefficient (Wildman–Crippen LogP) is 7.96. The maximum absolute atomic E-state index is 12.7. The number of hydrogen-bond donors (Lipinski definition) is 0. The van der Waals surface area contributed by atoms with Crippen molar-refractivity contribution in [3.8, 4) is 0 Å². The van der Waals surface area contributed by atoms with Gasteiger partial charge in [0.15, 0.2) is 5.78 Å². The number of ether oxygens (including phenoxy) is 1. The molecule has 4 aliphatic rings. The topological polar surface area (TPSA) is 43.4 Å². The molecule has 33 heavy (non-hydrogen) atoms. The lowest BCUT2D eigenvalue weighted by molar-refractivity contribution is -0.160. The largest absolute Gasteiger partial charge is 0.462 e. The average Bonchev–Trinajstić information content (AvgIpc) is 3.12. The van der Waals surface area contributed by atoms with Gasteiger partial charge in [0.25, 0.3) is 0 Å². The first-order valence-electron chi connectivity index (χ1n) is 14.3. The van der Waals surface area contributed by atoms with Crippen LogP contribution in [0.15, 0.2) is 11.6 Å². The molecule has 0 aromatic carbocycles. The highest BCUT2D eigenvalue weighted by molar-refractivity contribution is 5.91. The smallest absolute Gasteiger partial charge is 0.306 e. The molecule has 0 amide bonds. The molecule has 186 valence electrons. The normalized spacial score (nSPS) is 37.7. The summed E-state index contributed by atoms with van der Waals surface area (Å²) in [6.07, 6.45) is 21.5. The van der Waals surface area contributed by atoms with Gasteiger partial charge in [0.05, 0.1) is 0 Å². The number of fused-ring (bicyclic) bond motifs is 5. The third-order valence-electron chi connectivity index (χ3n) is 10.4. The number of carbonyl (C=O) groups is 2. The van der Waals surface area contributed by atoms with Crippen LogP contribution >= 0.6 is 0 Å². The zero-order valence-electron chi connectivity index (χ0n) is 21.6. The first-order chi connectivity index (χ1) is 15.9. The van der Waals surface area contributed by atoms with Crippen molar-refractivity contribution in [3.63, 3.8) is 0 Å². The molecule has 0 heterocycles. The molecule has 6 atom stereocenters. The summed E-state index contributed by atoms with van der Waals surface area (Å²) in [5.41, 5.74) is 1.82. The Morgan fingerprint density at radius 3 is 2.39 bits per heavy atom. The number of ketones is 1. The first-order valence-corrected chi connectivity index (χ1v) is 14.3. The van der Waals surface area contributed by atoms with Gasteiger partial charge in [-0.15, -0.1) is 0 Å². The molecule has 0 aliphatic heterocycles. The summed E-state index contributed by atoms with van der Waals surface area (Å²) in [6, 6.07) is 0. The van der Waals surface area contributed by atoms with Gasteiger partial charge in [0.2, 0.25) is 0 Å². The van der Waals surface area contributed by atoms with Crippen LogP contribution in [-0.4, -0.2) is 17.9 Å². The Kier molecular flexibility index (Phi) is 8.06. The Bertz CT molecular complexity index is 739. The van der Waals surface area contributed by atoms with Crippen LogP contribution in [-0.2, 0) is 14.3 Å². The van der Waals surface area contributed by atoms with E-state index in [1.54, 1.807) is 0 Å². The second-order valence-corrected chi connectivity index (χ2v) is 12.3. The van der Waals surface area contributed by atoms with Gasteiger partial charge >= 0.3 is 5.97 Å². The number of carbonyl (C=O) groups excluding carboxylic acids is 2. The third kappa shape index (κ3) is 5.13. The number of hydrogen-bond acceptors (Lipinski definition) is 3. The van der Waals surface area contributed by atoms with E-state index in [0.717, 1.165) is 44.4 Å². The minimum absolute atomic E-state index is 0.0431. The van der Waals surface area contributed by atoms with E-state index in [2.05, 4.69) is 20.8 Å². The average molecular weight is 457 g/mol. The lowest BCUT2D eigenvalue weighted by Gasteiger charge is -2.57. The van der Waals surface area contributed by atoms with Crippen molar-refractivity contribution in [2.45, 2.75) is 136 Å². The fraction of sp³-hybridized carbons (Fsp3) is 0.867. The van der Waals surface area contributed by atoms with Crippen LogP contribution in [0.5, 0.6) is 0 Å². The number of allylic oxidation sites excluding steroid dienone is 1. The number of esters is 1. The molecule has 0 radical (unpaired) electrons. The van der Waals surface area contributed by atoms with Gasteiger partial charge < -0.3 is 4.74 Å². The van der Waals surface area contributed by atoms with E-state index in [9.17, 15) is 9.59 Å². The first kappa shape index (κ1) is 25.0. The molecule has 3 saturated carbocycles. The second kappa shape index (κ2) is 10.6. The fourth-order valence-electron chi connectivity index (χ4n) is 8.33. The van der Waals surface area contributed by atoms with Crippen LogP contribution in [0.1, 0.15) is 130 Å². The van der Waals surface area contributed by atoms with Crippen LogP contribution < -0.4 is 0 Å². The van der Waals surface area contributed by atoms with Crippen molar-refractivity contribution >= 4 is 11.8 Å². The predicted molar refractivity (Wildman–Crippen MR) is 134 cm³/mol. The summed E-state index contributed by atoms with van der Waals surface area (Å²) in [5, 5.41) is 0. The standard InChI is InChI=1S/C30H48O3/c1-4-5-6-7-8-9-10-11-12-28(32)33-27-16-15-25-24-14-13-22-21-23(31)17-19-29(22,2)26(24)18-20-30(25,27)3/h21,24-27H,4-20H2,1-3H3/t24-,25-,26-,27-,29-,30-/m0/s1. The molecular formula is C30H48O3. The monoisotopic (exact) mass is 456 g/mol. The van der Waals surface area contributed by atoms with Crippen molar-refractivity contribution in [2.75, 3.05) is 0 Å². The van der Waals surface area contributed by atoms with E-state index in [1.807, 2.05) is 6.08 Å². The molecule has 3 heteroatoms. The summed E-state index contributed by atoms with van der Waals surface area (Å²) in [7, 11) is 0. The van der Waals surface area contributed by atoms with Gasteiger partial charge in [-0.2, -0.15) is 0 Å². The van der Waals surface area contributed by atoms with E-state index in [0.29, 0.717) is 24.0 Å². The third-order valence-corrected chi connectivity index (χ3v) is 10.4. The molecule has 0 aromatic rings. The highest BCUT2D eigenvalue weighted by Gasteiger charge is 2.59. The molecule has 0 bridgehead atoms. The zero-order valence-corrected chi connectivity index (χ0v) is 21.6. The zero-order chi connectivity index (χ0) is 23.5. The highest BCUT2D eigenvalue weighted by atomic mass is 16.5. The number of rotatable bonds is 10. The van der Waals surface area contributed by atoms with Crippen molar-refractivity contribution in [3.05, 3.63) is 11.6 Å². The van der Waals surface area contributed by atoms with Crippen LogP contribution in [0.25, 0.3) is 0 Å². The second-order valence-electron chi connectivity index (χ2n) is 12.3. The Morgan fingerprint density at radius 2 is 1.64 bits per heavy atom. The van der Waals surface area contributed by atoms with Crippen molar-refractivity contribution in [1.29, 1.82) is 0 Å². The van der Waals surface area contributed by atoms with Crippen molar-refractivity contribution in [2.24, 2.45) is 28.6 Å². The maximum Gasteiger partial charge on any atom is 0.306 e. The molecule has 0 aromatic heterocycles. The lowest BCUT2D eigenvalue weighted by Crippen LogP contribution is -2.51. The number of unbranched alkanes of at least 4 members (excludes halogenated alkanes) is 7. The molecular weight excluding hydrogens is 408 g/mol. The molecule has 4 aliphatic carbocycles. The highest BCUT2D eigenvalue weighted by Crippen LogP contribution is 2.65. The maximum atomic E-state index is 12.7. The molecule has 0 N–H and O–H groups in total.